The van der Waals surface area contributed by atoms with Crippen molar-refractivity contribution in [1.82, 2.24) is 24.4 Å². The number of halogens is 1. The van der Waals surface area contributed by atoms with E-state index in [1.807, 2.05) is 30.8 Å². The molecule has 3 aromatic rings. The maximum Gasteiger partial charge on any atom is 0.253 e. The molecule has 1 fully saturated rings. The van der Waals surface area contributed by atoms with Gasteiger partial charge in [-0.1, -0.05) is 6.07 Å². The zero-order valence-corrected chi connectivity index (χ0v) is 16.0. The highest BCUT2D eigenvalue weighted by atomic mass is 19.1. The first-order valence-electron chi connectivity index (χ1n) is 9.39. The molecule has 1 atom stereocenters. The molecule has 0 spiro atoms. The molecule has 0 aliphatic carbocycles. The van der Waals surface area contributed by atoms with Crippen LogP contribution in [0.1, 0.15) is 40.6 Å². The first-order chi connectivity index (χ1) is 13.5. The van der Waals surface area contributed by atoms with Crippen molar-refractivity contribution in [3.8, 4) is 11.5 Å². The molecule has 1 aliphatic heterocycles. The lowest BCUT2D eigenvalue weighted by Crippen LogP contribution is -2.39. The van der Waals surface area contributed by atoms with Gasteiger partial charge in [-0.3, -0.25) is 4.79 Å². The van der Waals surface area contributed by atoms with Crippen molar-refractivity contribution < 1.29 is 9.18 Å². The highest BCUT2D eigenvalue weighted by molar-refractivity contribution is 5.94. The number of imidazole rings is 1. The van der Waals surface area contributed by atoms with Crippen molar-refractivity contribution in [3.05, 3.63) is 65.6 Å². The normalized spacial score (nSPS) is 17.0. The molecule has 0 saturated carbocycles. The summed E-state index contributed by atoms with van der Waals surface area (Å²) in [6.45, 7) is 3.12. The van der Waals surface area contributed by atoms with E-state index in [9.17, 15) is 9.18 Å². The zero-order chi connectivity index (χ0) is 19.7. The molecular weight excluding hydrogens is 357 g/mol. The van der Waals surface area contributed by atoms with E-state index in [0.29, 0.717) is 18.7 Å². The Morgan fingerprint density at radius 2 is 2.11 bits per heavy atom. The van der Waals surface area contributed by atoms with Crippen LogP contribution in [0, 0.1) is 12.7 Å². The molecule has 1 unspecified atom stereocenters. The van der Waals surface area contributed by atoms with Crippen LogP contribution >= 0.6 is 0 Å². The summed E-state index contributed by atoms with van der Waals surface area (Å²) in [5.41, 5.74) is 2.03. The number of aryl methyl sites for hydroxylation is 2. The fourth-order valence-corrected chi connectivity index (χ4v) is 3.68. The van der Waals surface area contributed by atoms with Crippen LogP contribution in [0.2, 0.25) is 0 Å². The smallest absolute Gasteiger partial charge is 0.253 e. The molecular formula is C21H22FN5O. The van der Waals surface area contributed by atoms with E-state index in [1.165, 1.54) is 12.1 Å². The maximum absolute atomic E-state index is 13.5. The van der Waals surface area contributed by atoms with Crippen LogP contribution in [0.4, 0.5) is 4.39 Å². The Bertz CT molecular complexity index is 1020. The SMILES string of the molecule is Cc1cc(-c2nccn2C)nc(C2CCCN(C(=O)c3cccc(F)c3)C2)n1. The lowest BCUT2D eigenvalue weighted by atomic mass is 9.96. The molecule has 28 heavy (non-hydrogen) atoms. The number of hydrogen-bond acceptors (Lipinski definition) is 4. The Balaban J connectivity index is 1.59. The summed E-state index contributed by atoms with van der Waals surface area (Å²) < 4.78 is 15.4. The lowest BCUT2D eigenvalue weighted by molar-refractivity contribution is 0.0704. The second kappa shape index (κ2) is 7.50. The number of rotatable bonds is 3. The summed E-state index contributed by atoms with van der Waals surface area (Å²) in [7, 11) is 1.93. The Labute approximate surface area is 163 Å². The minimum absolute atomic E-state index is 0.0465. The molecule has 7 heteroatoms. The van der Waals surface area contributed by atoms with E-state index in [1.54, 1.807) is 23.2 Å². The first kappa shape index (κ1) is 18.3. The van der Waals surface area contributed by atoms with Crippen molar-refractivity contribution in [2.24, 2.45) is 7.05 Å². The van der Waals surface area contributed by atoms with Gasteiger partial charge in [-0.05, 0) is 44.0 Å². The van der Waals surface area contributed by atoms with Crippen LogP contribution in [0.3, 0.4) is 0 Å². The van der Waals surface area contributed by atoms with Gasteiger partial charge in [0.1, 0.15) is 17.3 Å². The van der Waals surface area contributed by atoms with Crippen molar-refractivity contribution in [3.63, 3.8) is 0 Å². The fraction of sp³-hybridized carbons (Fsp3) is 0.333. The highest BCUT2D eigenvalue weighted by Gasteiger charge is 2.28. The molecule has 0 bridgehead atoms. The van der Waals surface area contributed by atoms with E-state index in [4.69, 9.17) is 4.98 Å². The van der Waals surface area contributed by atoms with Crippen LogP contribution in [0.15, 0.2) is 42.7 Å². The summed E-state index contributed by atoms with van der Waals surface area (Å²) in [6, 6.07) is 7.76. The number of aromatic nitrogens is 4. The quantitative estimate of drug-likeness (QED) is 0.700. The number of benzene rings is 1. The van der Waals surface area contributed by atoms with Gasteiger partial charge in [0, 0.05) is 49.7 Å². The molecule has 0 N–H and O–H groups in total. The van der Waals surface area contributed by atoms with Gasteiger partial charge in [-0.2, -0.15) is 0 Å². The van der Waals surface area contributed by atoms with Crippen LogP contribution in [0.25, 0.3) is 11.5 Å². The highest BCUT2D eigenvalue weighted by Crippen LogP contribution is 2.27. The summed E-state index contributed by atoms with van der Waals surface area (Å²) in [5, 5.41) is 0. The van der Waals surface area contributed by atoms with Gasteiger partial charge in [0.2, 0.25) is 0 Å². The van der Waals surface area contributed by atoms with Crippen molar-refractivity contribution >= 4 is 5.91 Å². The Morgan fingerprint density at radius 1 is 1.25 bits per heavy atom. The molecule has 1 amide bonds. The van der Waals surface area contributed by atoms with E-state index >= 15 is 0 Å². The van der Waals surface area contributed by atoms with Gasteiger partial charge in [0.15, 0.2) is 5.82 Å². The largest absolute Gasteiger partial charge is 0.338 e. The molecule has 1 saturated heterocycles. The maximum atomic E-state index is 13.5. The van der Waals surface area contributed by atoms with Gasteiger partial charge < -0.3 is 9.47 Å². The molecule has 1 aromatic carbocycles. The minimum atomic E-state index is -0.402. The number of nitrogens with zero attached hydrogens (tertiary/aromatic N) is 5. The average Bonchev–Trinajstić information content (AvgIpc) is 3.13. The monoisotopic (exact) mass is 379 g/mol. The Kier molecular flexibility index (Phi) is 4.90. The van der Waals surface area contributed by atoms with Crippen LogP contribution < -0.4 is 0 Å². The number of carbonyl (C=O) groups excluding carboxylic acids is 1. The van der Waals surface area contributed by atoms with Gasteiger partial charge in [-0.15, -0.1) is 0 Å². The summed E-state index contributed by atoms with van der Waals surface area (Å²) in [5.74, 6) is 1.01. The van der Waals surface area contributed by atoms with E-state index in [0.717, 1.165) is 35.9 Å². The third-order valence-corrected chi connectivity index (χ3v) is 5.07. The van der Waals surface area contributed by atoms with E-state index in [2.05, 4.69) is 9.97 Å². The summed E-state index contributed by atoms with van der Waals surface area (Å²) >= 11 is 0. The van der Waals surface area contributed by atoms with Crippen LogP contribution in [0.5, 0.6) is 0 Å². The number of amides is 1. The molecule has 2 aromatic heterocycles. The number of carbonyl (C=O) groups is 1. The summed E-state index contributed by atoms with van der Waals surface area (Å²) in [4.78, 5) is 28.3. The molecule has 3 heterocycles. The standard InChI is InChI=1S/C21H22FN5O/c1-14-11-18(20-23-8-10-26(20)2)25-19(24-14)16-6-4-9-27(13-16)21(28)15-5-3-7-17(22)12-15/h3,5,7-8,10-12,16H,4,6,9,13H2,1-2H3. The van der Waals surface area contributed by atoms with Gasteiger partial charge in [-0.25, -0.2) is 19.3 Å². The fourth-order valence-electron chi connectivity index (χ4n) is 3.68. The lowest BCUT2D eigenvalue weighted by Gasteiger charge is -2.32. The second-order valence-corrected chi connectivity index (χ2v) is 7.22. The molecule has 6 nitrogen and oxygen atoms in total. The zero-order valence-electron chi connectivity index (χ0n) is 16.0. The first-order valence-corrected chi connectivity index (χ1v) is 9.39. The average molecular weight is 379 g/mol. The van der Waals surface area contributed by atoms with Gasteiger partial charge in [0.25, 0.3) is 5.91 Å². The molecule has 1 aliphatic rings. The Hall–Kier alpha value is -3.09. The topological polar surface area (TPSA) is 63.9 Å². The van der Waals surface area contributed by atoms with Crippen molar-refractivity contribution in [2.45, 2.75) is 25.7 Å². The van der Waals surface area contributed by atoms with Crippen molar-refractivity contribution in [1.29, 1.82) is 0 Å². The predicted octanol–water partition coefficient (Wildman–Crippen LogP) is 3.34. The minimum Gasteiger partial charge on any atom is -0.338 e. The van der Waals surface area contributed by atoms with Crippen LogP contribution in [-0.4, -0.2) is 43.4 Å². The third kappa shape index (κ3) is 3.65. The van der Waals surface area contributed by atoms with E-state index in [-0.39, 0.29) is 11.8 Å². The second-order valence-electron chi connectivity index (χ2n) is 7.22. The Morgan fingerprint density at radius 3 is 2.86 bits per heavy atom. The van der Waals surface area contributed by atoms with Crippen molar-refractivity contribution in [2.75, 3.05) is 13.1 Å². The number of hydrogen-bond donors (Lipinski definition) is 0. The molecule has 4 rings (SSSR count). The van der Waals surface area contributed by atoms with Gasteiger partial charge in [0.05, 0.1) is 0 Å². The molecule has 0 radical (unpaired) electrons. The van der Waals surface area contributed by atoms with Crippen LogP contribution in [-0.2, 0) is 7.05 Å². The number of piperidine rings is 1. The van der Waals surface area contributed by atoms with E-state index < -0.39 is 5.82 Å². The predicted molar refractivity (Wildman–Crippen MR) is 103 cm³/mol. The third-order valence-electron chi connectivity index (χ3n) is 5.07. The summed E-state index contributed by atoms with van der Waals surface area (Å²) in [6.07, 6.45) is 5.40. The molecule has 144 valence electrons. The number of likely N-dealkylation sites (tertiary alicyclic amines) is 1. The van der Waals surface area contributed by atoms with Gasteiger partial charge >= 0.3 is 0 Å².